The summed E-state index contributed by atoms with van der Waals surface area (Å²) in [5.74, 6) is 0. The summed E-state index contributed by atoms with van der Waals surface area (Å²) in [6.07, 6.45) is 2.13. The van der Waals surface area contributed by atoms with Crippen LogP contribution in [0.1, 0.15) is 12.8 Å². The molecule has 1 rings (SSSR count). The number of hydrogen-bond donors (Lipinski definition) is 1. The van der Waals surface area contributed by atoms with Crippen LogP contribution in [0.2, 0.25) is 10.0 Å². The Labute approximate surface area is 161 Å². The van der Waals surface area contributed by atoms with E-state index in [9.17, 15) is 0 Å². The molecule has 136 valence electrons. The van der Waals surface area contributed by atoms with Gasteiger partial charge in [0.05, 0.1) is 0 Å². The number of anilines is 1. The Bertz CT molecular complexity index is 489. The van der Waals surface area contributed by atoms with E-state index in [1.54, 1.807) is 6.07 Å². The molecule has 4 nitrogen and oxygen atoms in total. The maximum atomic E-state index is 6.06. The Morgan fingerprint density at radius 2 is 1.33 bits per heavy atom. The highest BCUT2D eigenvalue weighted by atomic mass is 35.5. The van der Waals surface area contributed by atoms with E-state index in [4.69, 9.17) is 35.4 Å². The van der Waals surface area contributed by atoms with Gasteiger partial charge in [-0.25, -0.2) is 0 Å². The van der Waals surface area contributed by atoms with Crippen LogP contribution in [0.25, 0.3) is 0 Å². The molecule has 1 aromatic rings. The molecule has 0 aliphatic carbocycles. The quantitative estimate of drug-likeness (QED) is 0.643. The van der Waals surface area contributed by atoms with E-state index in [1.165, 1.54) is 0 Å². The van der Waals surface area contributed by atoms with Crippen LogP contribution in [0.3, 0.4) is 0 Å². The topological polar surface area (TPSA) is 21.8 Å². The van der Waals surface area contributed by atoms with E-state index in [0.29, 0.717) is 15.2 Å². The monoisotopic (exact) mass is 390 g/mol. The molecule has 0 aliphatic heterocycles. The molecule has 24 heavy (non-hydrogen) atoms. The Morgan fingerprint density at radius 3 is 1.75 bits per heavy atom. The number of nitrogens with one attached hydrogen (secondary N) is 1. The lowest BCUT2D eigenvalue weighted by molar-refractivity contribution is 0.325. The van der Waals surface area contributed by atoms with Gasteiger partial charge in [-0.15, -0.1) is 0 Å². The third kappa shape index (κ3) is 9.04. The second-order valence-electron chi connectivity index (χ2n) is 6.39. The standard InChI is InChI=1S/C17H28Cl2N4S/c1-21(2)7-5-9-23(10-6-8-22(3)4)17(24)20-16-12-14(18)11-15(19)13-16/h11-13H,5-10H2,1-4H3,(H,20,24). The Hall–Kier alpha value is -0.590. The van der Waals surface area contributed by atoms with Gasteiger partial charge in [-0.3, -0.25) is 0 Å². The fourth-order valence-corrected chi connectivity index (χ4v) is 3.13. The second kappa shape index (κ2) is 11.1. The first-order chi connectivity index (χ1) is 11.3. The van der Waals surface area contributed by atoms with Crippen LogP contribution in [-0.2, 0) is 0 Å². The maximum Gasteiger partial charge on any atom is 0.173 e. The molecule has 1 aromatic carbocycles. The van der Waals surface area contributed by atoms with Crippen molar-refractivity contribution in [2.75, 3.05) is 59.7 Å². The van der Waals surface area contributed by atoms with Gasteiger partial charge in [0.15, 0.2) is 5.11 Å². The summed E-state index contributed by atoms with van der Waals surface area (Å²) in [4.78, 5) is 6.59. The zero-order chi connectivity index (χ0) is 18.1. The van der Waals surface area contributed by atoms with Gasteiger partial charge in [0.1, 0.15) is 0 Å². The summed E-state index contributed by atoms with van der Waals surface area (Å²) in [6, 6.07) is 5.37. The largest absolute Gasteiger partial charge is 0.349 e. The van der Waals surface area contributed by atoms with E-state index in [2.05, 4.69) is 48.2 Å². The number of halogens is 2. The summed E-state index contributed by atoms with van der Waals surface area (Å²) in [5.41, 5.74) is 0.822. The fourth-order valence-electron chi connectivity index (χ4n) is 2.30. The number of hydrogen-bond acceptors (Lipinski definition) is 3. The minimum absolute atomic E-state index is 0.597. The highest BCUT2D eigenvalue weighted by Crippen LogP contribution is 2.22. The molecule has 1 N–H and O–H groups in total. The molecule has 0 aromatic heterocycles. The van der Waals surface area contributed by atoms with E-state index < -0.39 is 0 Å². The molecule has 0 aliphatic rings. The van der Waals surface area contributed by atoms with Gasteiger partial charge in [-0.1, -0.05) is 23.2 Å². The zero-order valence-corrected chi connectivity index (χ0v) is 17.3. The third-order valence-corrected chi connectivity index (χ3v) is 4.26. The van der Waals surface area contributed by atoms with Crippen molar-refractivity contribution in [1.29, 1.82) is 0 Å². The summed E-state index contributed by atoms with van der Waals surface area (Å²) in [5, 5.41) is 5.17. The number of nitrogens with zero attached hydrogens (tertiary/aromatic N) is 3. The molecule has 0 amide bonds. The number of rotatable bonds is 9. The van der Waals surface area contributed by atoms with Crippen LogP contribution < -0.4 is 5.32 Å². The van der Waals surface area contributed by atoms with Crippen molar-refractivity contribution in [3.05, 3.63) is 28.2 Å². The summed E-state index contributed by atoms with van der Waals surface area (Å²) in [7, 11) is 8.34. The normalized spacial score (nSPS) is 11.2. The molecule has 0 radical (unpaired) electrons. The van der Waals surface area contributed by atoms with Crippen molar-refractivity contribution in [2.45, 2.75) is 12.8 Å². The van der Waals surface area contributed by atoms with Gasteiger partial charge in [0, 0.05) is 28.8 Å². The highest BCUT2D eigenvalue weighted by Gasteiger charge is 2.11. The van der Waals surface area contributed by atoms with Gasteiger partial charge in [0.25, 0.3) is 0 Å². The molecule has 0 atom stereocenters. The first kappa shape index (κ1) is 21.5. The Balaban J connectivity index is 2.66. The smallest absolute Gasteiger partial charge is 0.173 e. The predicted molar refractivity (Wildman–Crippen MR) is 111 cm³/mol. The van der Waals surface area contributed by atoms with E-state index in [1.807, 2.05) is 12.1 Å². The van der Waals surface area contributed by atoms with Gasteiger partial charge in [0.2, 0.25) is 0 Å². The molecule has 0 saturated heterocycles. The SMILES string of the molecule is CN(C)CCCN(CCCN(C)C)C(=S)Nc1cc(Cl)cc(Cl)c1. The fraction of sp³-hybridized carbons (Fsp3) is 0.588. The molecule has 0 spiro atoms. The minimum Gasteiger partial charge on any atom is -0.349 e. The molecule has 7 heteroatoms. The predicted octanol–water partition coefficient (Wildman–Crippen LogP) is 3.90. The van der Waals surface area contributed by atoms with Gasteiger partial charge in [-0.2, -0.15) is 0 Å². The maximum absolute atomic E-state index is 6.06. The third-order valence-electron chi connectivity index (χ3n) is 3.47. The average molecular weight is 391 g/mol. The van der Waals surface area contributed by atoms with Crippen molar-refractivity contribution in [3.63, 3.8) is 0 Å². The van der Waals surface area contributed by atoms with E-state index >= 15 is 0 Å². The van der Waals surface area contributed by atoms with Crippen molar-refractivity contribution < 1.29 is 0 Å². The first-order valence-corrected chi connectivity index (χ1v) is 9.26. The Morgan fingerprint density at radius 1 is 0.875 bits per heavy atom. The molecule has 0 heterocycles. The summed E-state index contributed by atoms with van der Waals surface area (Å²) in [6.45, 7) is 3.92. The summed E-state index contributed by atoms with van der Waals surface area (Å²) >= 11 is 17.7. The lowest BCUT2D eigenvalue weighted by atomic mass is 10.3. The highest BCUT2D eigenvalue weighted by molar-refractivity contribution is 7.80. The Kier molecular flexibility index (Phi) is 9.93. The molecule has 0 unspecified atom stereocenters. The number of thiocarbonyl (C=S) groups is 1. The zero-order valence-electron chi connectivity index (χ0n) is 15.0. The molecular formula is C17H28Cl2N4S. The van der Waals surface area contributed by atoms with Crippen LogP contribution in [0, 0.1) is 0 Å². The first-order valence-electron chi connectivity index (χ1n) is 8.09. The molecule has 0 fully saturated rings. The van der Waals surface area contributed by atoms with Gasteiger partial charge in [-0.05, 0) is 84.5 Å². The lowest BCUT2D eigenvalue weighted by Gasteiger charge is -2.27. The van der Waals surface area contributed by atoms with Crippen LogP contribution in [-0.4, -0.2) is 74.2 Å². The average Bonchev–Trinajstić information content (AvgIpc) is 2.43. The van der Waals surface area contributed by atoms with Crippen LogP contribution in [0.15, 0.2) is 18.2 Å². The van der Waals surface area contributed by atoms with Crippen molar-refractivity contribution in [3.8, 4) is 0 Å². The van der Waals surface area contributed by atoms with E-state index in [0.717, 1.165) is 44.7 Å². The molecule has 0 saturated carbocycles. The van der Waals surface area contributed by atoms with Crippen LogP contribution >= 0.6 is 35.4 Å². The van der Waals surface area contributed by atoms with Gasteiger partial charge < -0.3 is 20.0 Å². The number of benzene rings is 1. The van der Waals surface area contributed by atoms with Crippen molar-refractivity contribution in [1.82, 2.24) is 14.7 Å². The molecular weight excluding hydrogens is 363 g/mol. The van der Waals surface area contributed by atoms with Gasteiger partial charge >= 0.3 is 0 Å². The minimum atomic E-state index is 0.597. The van der Waals surface area contributed by atoms with Crippen LogP contribution in [0.5, 0.6) is 0 Å². The van der Waals surface area contributed by atoms with Crippen LogP contribution in [0.4, 0.5) is 5.69 Å². The van der Waals surface area contributed by atoms with Crippen molar-refractivity contribution >= 4 is 46.2 Å². The summed E-state index contributed by atoms with van der Waals surface area (Å²) < 4.78 is 0. The lowest BCUT2D eigenvalue weighted by Crippen LogP contribution is -2.38. The second-order valence-corrected chi connectivity index (χ2v) is 7.65. The van der Waals surface area contributed by atoms with Crippen molar-refractivity contribution in [2.24, 2.45) is 0 Å². The van der Waals surface area contributed by atoms with E-state index in [-0.39, 0.29) is 0 Å². The molecule has 0 bridgehead atoms.